The Labute approximate surface area is 196 Å². The van der Waals surface area contributed by atoms with E-state index in [4.69, 9.17) is 16.3 Å². The van der Waals surface area contributed by atoms with Gasteiger partial charge in [-0.25, -0.2) is 0 Å². The van der Waals surface area contributed by atoms with Gasteiger partial charge < -0.3 is 20.5 Å². The zero-order chi connectivity index (χ0) is 20.0. The predicted molar refractivity (Wildman–Crippen MR) is 130 cm³/mol. The molecule has 1 unspecified atom stereocenters. The van der Waals surface area contributed by atoms with E-state index in [0.717, 1.165) is 63.2 Å². The topological polar surface area (TPSA) is 69.1 Å². The second-order valence-corrected chi connectivity index (χ2v) is 8.66. The van der Waals surface area contributed by atoms with Crippen molar-refractivity contribution in [3.8, 4) is 0 Å². The van der Waals surface area contributed by atoms with Gasteiger partial charge in [-0.3, -0.25) is 9.89 Å². The van der Waals surface area contributed by atoms with Crippen LogP contribution in [0.25, 0.3) is 0 Å². The summed E-state index contributed by atoms with van der Waals surface area (Å²) < 4.78 is 5.38. The highest BCUT2D eigenvalue weighted by molar-refractivity contribution is 14.0. The molecule has 0 spiro atoms. The molecule has 1 heterocycles. The van der Waals surface area contributed by atoms with E-state index in [1.54, 1.807) is 0 Å². The Morgan fingerprint density at radius 3 is 2.66 bits per heavy atom. The normalized spacial score (nSPS) is 21.0. The molecule has 3 rings (SSSR count). The Morgan fingerprint density at radius 1 is 1.31 bits per heavy atom. The summed E-state index contributed by atoms with van der Waals surface area (Å²) in [4.78, 5) is 6.89. The molecule has 6 nitrogen and oxygen atoms in total. The lowest BCUT2D eigenvalue weighted by atomic mass is 9.96. The van der Waals surface area contributed by atoms with E-state index in [1.165, 1.54) is 5.56 Å². The van der Waals surface area contributed by atoms with Crippen molar-refractivity contribution in [3.63, 3.8) is 0 Å². The van der Waals surface area contributed by atoms with Crippen LogP contribution in [0.5, 0.6) is 0 Å². The third-order valence-corrected chi connectivity index (χ3v) is 5.71. The predicted octanol–water partition coefficient (Wildman–Crippen LogP) is 2.63. The van der Waals surface area contributed by atoms with Crippen molar-refractivity contribution < 1.29 is 9.84 Å². The second kappa shape index (κ2) is 11.1. The second-order valence-electron chi connectivity index (χ2n) is 8.22. The standard InChI is InChI=1S/C21H33ClN4O2.HI/c1-3-23-19(24-14-20(2,27)16-26-9-11-28-12-10-26)25-15-21(7-8-21)17-5-4-6-18(22)13-17;/h4-6,13,27H,3,7-12,14-16H2,1-2H3,(H2,23,24,25);1H. The Balaban J connectivity index is 0.00000300. The third kappa shape index (κ3) is 7.54. The number of halogens is 2. The van der Waals surface area contributed by atoms with Crippen molar-refractivity contribution >= 4 is 41.5 Å². The molecule has 0 aromatic heterocycles. The third-order valence-electron chi connectivity index (χ3n) is 5.47. The van der Waals surface area contributed by atoms with E-state index in [0.29, 0.717) is 13.1 Å². The molecule has 1 saturated heterocycles. The maximum Gasteiger partial charge on any atom is 0.191 e. The van der Waals surface area contributed by atoms with Crippen molar-refractivity contribution in [2.45, 2.75) is 37.7 Å². The molecule has 8 heteroatoms. The molecule has 2 fully saturated rings. The zero-order valence-electron chi connectivity index (χ0n) is 17.4. The molecule has 3 N–H and O–H groups in total. The van der Waals surface area contributed by atoms with E-state index in [2.05, 4.69) is 32.7 Å². The largest absolute Gasteiger partial charge is 0.387 e. The Morgan fingerprint density at radius 2 is 2.03 bits per heavy atom. The highest BCUT2D eigenvalue weighted by Crippen LogP contribution is 2.48. The minimum absolute atomic E-state index is 0. The molecule has 0 radical (unpaired) electrons. The van der Waals surface area contributed by atoms with Crippen molar-refractivity contribution in [2.24, 2.45) is 4.99 Å². The molecular weight excluding hydrogens is 503 g/mol. The number of nitrogens with zero attached hydrogens (tertiary/aromatic N) is 2. The van der Waals surface area contributed by atoms with Gasteiger partial charge in [0.2, 0.25) is 0 Å². The van der Waals surface area contributed by atoms with E-state index in [9.17, 15) is 5.11 Å². The van der Waals surface area contributed by atoms with E-state index in [-0.39, 0.29) is 29.4 Å². The number of morpholine rings is 1. The fourth-order valence-electron chi connectivity index (χ4n) is 3.67. The number of hydrogen-bond donors (Lipinski definition) is 3. The van der Waals surface area contributed by atoms with Gasteiger partial charge >= 0.3 is 0 Å². The maximum absolute atomic E-state index is 10.8. The van der Waals surface area contributed by atoms with Gasteiger partial charge in [0.15, 0.2) is 5.96 Å². The Kier molecular flexibility index (Phi) is 9.47. The average molecular weight is 537 g/mol. The van der Waals surface area contributed by atoms with Crippen LogP contribution in [0.1, 0.15) is 32.3 Å². The van der Waals surface area contributed by atoms with Crippen molar-refractivity contribution in [2.75, 3.05) is 52.5 Å². The molecule has 1 aromatic rings. The lowest BCUT2D eigenvalue weighted by Crippen LogP contribution is -2.48. The van der Waals surface area contributed by atoms with Crippen LogP contribution in [0.2, 0.25) is 5.02 Å². The van der Waals surface area contributed by atoms with Crippen LogP contribution in [0.15, 0.2) is 29.3 Å². The van der Waals surface area contributed by atoms with Gasteiger partial charge in [0.05, 0.1) is 25.4 Å². The quantitative estimate of drug-likeness (QED) is 0.271. The summed E-state index contributed by atoms with van der Waals surface area (Å²) in [6, 6.07) is 8.14. The first-order chi connectivity index (χ1) is 13.4. The van der Waals surface area contributed by atoms with Crippen LogP contribution in [-0.4, -0.2) is 74.0 Å². The molecule has 164 valence electrons. The van der Waals surface area contributed by atoms with Gasteiger partial charge in [-0.1, -0.05) is 23.7 Å². The number of β-amino-alcohol motifs (C(OH)–C–C–N with tert-alkyl or cyclic N) is 1. The number of rotatable bonds is 8. The first kappa shape index (κ1) is 24.7. The van der Waals surface area contributed by atoms with Crippen molar-refractivity contribution in [3.05, 3.63) is 34.9 Å². The van der Waals surface area contributed by atoms with Gasteiger partial charge in [0.1, 0.15) is 0 Å². The molecule has 1 aliphatic heterocycles. The first-order valence-electron chi connectivity index (χ1n) is 10.2. The molecule has 0 bridgehead atoms. The smallest absolute Gasteiger partial charge is 0.191 e. The van der Waals surface area contributed by atoms with Crippen LogP contribution in [0.4, 0.5) is 0 Å². The summed E-state index contributed by atoms with van der Waals surface area (Å²) >= 11 is 6.17. The number of guanidine groups is 1. The molecule has 2 aliphatic rings. The van der Waals surface area contributed by atoms with Gasteiger partial charge in [0, 0.05) is 43.2 Å². The highest BCUT2D eigenvalue weighted by Gasteiger charge is 2.44. The number of aliphatic imine (C=N–C) groups is 1. The van der Waals surface area contributed by atoms with Crippen molar-refractivity contribution in [1.82, 2.24) is 15.5 Å². The SMILES string of the molecule is CCNC(=NCC(C)(O)CN1CCOCC1)NCC1(c2cccc(Cl)c2)CC1.I. The van der Waals surface area contributed by atoms with Crippen LogP contribution < -0.4 is 10.6 Å². The van der Waals surface area contributed by atoms with Crippen LogP contribution in [-0.2, 0) is 10.2 Å². The summed E-state index contributed by atoms with van der Waals surface area (Å²) in [5.74, 6) is 0.748. The van der Waals surface area contributed by atoms with Gasteiger partial charge in [-0.15, -0.1) is 24.0 Å². The summed E-state index contributed by atoms with van der Waals surface area (Å²) in [5.41, 5.74) is 0.545. The highest BCUT2D eigenvalue weighted by atomic mass is 127. The molecule has 0 amide bonds. The minimum Gasteiger partial charge on any atom is -0.387 e. The summed E-state index contributed by atoms with van der Waals surface area (Å²) in [6.45, 7) is 9.63. The lowest BCUT2D eigenvalue weighted by molar-refractivity contribution is -0.0179. The first-order valence-corrected chi connectivity index (χ1v) is 10.6. The van der Waals surface area contributed by atoms with Crippen LogP contribution in [0, 0.1) is 0 Å². The van der Waals surface area contributed by atoms with E-state index in [1.807, 2.05) is 26.0 Å². The van der Waals surface area contributed by atoms with Gasteiger partial charge in [0.25, 0.3) is 0 Å². The van der Waals surface area contributed by atoms with E-state index < -0.39 is 5.60 Å². The summed E-state index contributed by atoms with van der Waals surface area (Å²) in [5, 5.41) is 18.3. The maximum atomic E-state index is 10.8. The molecule has 1 saturated carbocycles. The Hall–Kier alpha value is -0.610. The molecule has 1 aromatic carbocycles. The molecule has 1 aliphatic carbocycles. The average Bonchev–Trinajstić information content (AvgIpc) is 3.46. The van der Waals surface area contributed by atoms with Crippen LogP contribution in [0.3, 0.4) is 0 Å². The molecular formula is C21H34ClIN4O2. The van der Waals surface area contributed by atoms with Gasteiger partial charge in [-0.2, -0.15) is 0 Å². The monoisotopic (exact) mass is 536 g/mol. The summed E-state index contributed by atoms with van der Waals surface area (Å²) in [6.07, 6.45) is 2.29. The van der Waals surface area contributed by atoms with E-state index >= 15 is 0 Å². The summed E-state index contributed by atoms with van der Waals surface area (Å²) in [7, 11) is 0. The number of benzene rings is 1. The fraction of sp³-hybridized carbons (Fsp3) is 0.667. The minimum atomic E-state index is -0.871. The fourth-order valence-corrected chi connectivity index (χ4v) is 3.86. The zero-order valence-corrected chi connectivity index (χ0v) is 20.5. The number of nitrogens with one attached hydrogen (secondary N) is 2. The molecule has 29 heavy (non-hydrogen) atoms. The molecule has 1 atom stereocenters. The van der Waals surface area contributed by atoms with Gasteiger partial charge in [-0.05, 0) is 44.4 Å². The number of aliphatic hydroxyl groups is 1. The Bertz CT molecular complexity index is 676. The number of ether oxygens (including phenoxy) is 1. The number of hydrogen-bond acceptors (Lipinski definition) is 4. The lowest BCUT2D eigenvalue weighted by Gasteiger charge is -2.33. The van der Waals surface area contributed by atoms with Crippen LogP contribution >= 0.6 is 35.6 Å². The van der Waals surface area contributed by atoms with Crippen molar-refractivity contribution in [1.29, 1.82) is 0 Å².